The number of benzene rings is 1. The summed E-state index contributed by atoms with van der Waals surface area (Å²) < 4.78 is 5.28. The number of ether oxygens (including phenoxy) is 1. The van der Waals surface area contributed by atoms with Crippen molar-refractivity contribution in [3.8, 4) is 0 Å². The topological polar surface area (TPSA) is 29.5 Å². The summed E-state index contributed by atoms with van der Waals surface area (Å²) >= 11 is 0. The van der Waals surface area contributed by atoms with Gasteiger partial charge in [-0.2, -0.15) is 0 Å². The third-order valence-corrected chi connectivity index (χ3v) is 4.77. The van der Waals surface area contributed by atoms with Gasteiger partial charge in [0.05, 0.1) is 24.7 Å². The summed E-state index contributed by atoms with van der Waals surface area (Å²) in [6.07, 6.45) is 0.934. The van der Waals surface area contributed by atoms with Crippen LogP contribution in [0.1, 0.15) is 24.5 Å². The number of likely N-dealkylation sites (tertiary alicyclic amines) is 1. The molecule has 102 valence electrons. The van der Waals surface area contributed by atoms with Gasteiger partial charge in [0, 0.05) is 6.54 Å². The van der Waals surface area contributed by atoms with E-state index in [9.17, 15) is 4.79 Å². The van der Waals surface area contributed by atoms with Crippen LogP contribution in [0.2, 0.25) is 0 Å². The lowest BCUT2D eigenvalue weighted by atomic mass is 9.74. The zero-order chi connectivity index (χ0) is 13.5. The molecule has 0 saturated carbocycles. The Morgan fingerprint density at radius 2 is 2.11 bits per heavy atom. The summed E-state index contributed by atoms with van der Waals surface area (Å²) in [6.45, 7) is 7.34. The van der Waals surface area contributed by atoms with Crippen LogP contribution in [0.15, 0.2) is 24.3 Å². The molecule has 1 aromatic carbocycles. The highest BCUT2D eigenvalue weighted by Gasteiger charge is 2.46. The van der Waals surface area contributed by atoms with E-state index in [1.54, 1.807) is 6.92 Å². The van der Waals surface area contributed by atoms with Crippen molar-refractivity contribution >= 4 is 5.78 Å². The van der Waals surface area contributed by atoms with Gasteiger partial charge in [-0.25, -0.2) is 0 Å². The highest BCUT2D eigenvalue weighted by atomic mass is 16.5. The number of Topliss-reactive ketones (excluding diaryl/α,β-unsaturated/α-hetero) is 1. The molecule has 0 aliphatic carbocycles. The molecule has 1 atom stereocenters. The minimum Gasteiger partial charge on any atom is -0.378 e. The van der Waals surface area contributed by atoms with Gasteiger partial charge in [-0.15, -0.1) is 0 Å². The maximum absolute atomic E-state index is 12.3. The predicted octanol–water partition coefficient (Wildman–Crippen LogP) is 1.93. The molecule has 3 rings (SSSR count). The van der Waals surface area contributed by atoms with Crippen molar-refractivity contribution in [3.63, 3.8) is 0 Å². The largest absolute Gasteiger partial charge is 0.378 e. The molecule has 3 heteroatoms. The number of hydrogen-bond acceptors (Lipinski definition) is 3. The van der Waals surface area contributed by atoms with Crippen LogP contribution in [-0.4, -0.2) is 43.0 Å². The lowest BCUT2D eigenvalue weighted by Gasteiger charge is -2.36. The molecule has 1 aromatic rings. The second-order valence-corrected chi connectivity index (χ2v) is 5.86. The van der Waals surface area contributed by atoms with Crippen LogP contribution in [-0.2, 0) is 14.9 Å². The van der Waals surface area contributed by atoms with Gasteiger partial charge < -0.3 is 4.74 Å². The van der Waals surface area contributed by atoms with Crippen molar-refractivity contribution in [1.29, 1.82) is 0 Å². The first-order chi connectivity index (χ1) is 9.13. The van der Waals surface area contributed by atoms with Crippen molar-refractivity contribution in [2.45, 2.75) is 31.7 Å². The molecule has 0 spiro atoms. The number of aryl methyl sites for hydroxylation is 1. The smallest absolute Gasteiger partial charge is 0.141 e. The average Bonchev–Trinajstić information content (AvgIpc) is 2.73. The van der Waals surface area contributed by atoms with Gasteiger partial charge in [0.25, 0.3) is 0 Å². The Hall–Kier alpha value is -1.19. The number of carbonyl (C=O) groups excluding carboxylic acids is 1. The number of hydrogen-bond donors (Lipinski definition) is 0. The van der Waals surface area contributed by atoms with E-state index in [1.807, 2.05) is 12.1 Å². The van der Waals surface area contributed by atoms with E-state index in [0.717, 1.165) is 32.7 Å². The quantitative estimate of drug-likeness (QED) is 0.830. The minimum atomic E-state index is -0.305. The van der Waals surface area contributed by atoms with E-state index in [2.05, 4.69) is 24.0 Å². The van der Waals surface area contributed by atoms with Crippen LogP contribution in [0.3, 0.4) is 0 Å². The summed E-state index contributed by atoms with van der Waals surface area (Å²) in [4.78, 5) is 14.8. The van der Waals surface area contributed by atoms with Crippen LogP contribution in [0.25, 0.3) is 0 Å². The standard InChI is InChI=1S/C16H21NO2/c1-12-5-3-4-6-15(12)16(13(2)18)7-8-17(11-16)14-9-19-10-14/h3-6,14H,7-11H2,1-2H3. The molecule has 0 amide bonds. The molecule has 3 nitrogen and oxygen atoms in total. The maximum Gasteiger partial charge on any atom is 0.141 e. The summed E-state index contributed by atoms with van der Waals surface area (Å²) in [5, 5.41) is 0. The highest BCUT2D eigenvalue weighted by Crippen LogP contribution is 2.38. The zero-order valence-corrected chi connectivity index (χ0v) is 11.7. The van der Waals surface area contributed by atoms with Gasteiger partial charge >= 0.3 is 0 Å². The van der Waals surface area contributed by atoms with E-state index in [4.69, 9.17) is 4.74 Å². The van der Waals surface area contributed by atoms with Crippen molar-refractivity contribution < 1.29 is 9.53 Å². The fourth-order valence-electron chi connectivity index (χ4n) is 3.39. The van der Waals surface area contributed by atoms with E-state index in [1.165, 1.54) is 11.1 Å². The van der Waals surface area contributed by atoms with Gasteiger partial charge in [0.1, 0.15) is 5.78 Å². The Balaban J connectivity index is 1.93. The number of rotatable bonds is 3. The molecular formula is C16H21NO2. The molecule has 2 aliphatic rings. The van der Waals surface area contributed by atoms with Crippen LogP contribution >= 0.6 is 0 Å². The second kappa shape index (κ2) is 4.73. The Morgan fingerprint density at radius 1 is 1.37 bits per heavy atom. The summed E-state index contributed by atoms with van der Waals surface area (Å²) in [5.74, 6) is 0.296. The van der Waals surface area contributed by atoms with Crippen LogP contribution < -0.4 is 0 Å². The Kier molecular flexibility index (Phi) is 3.19. The summed E-state index contributed by atoms with van der Waals surface area (Å²) in [6, 6.07) is 8.83. The number of carbonyl (C=O) groups is 1. The van der Waals surface area contributed by atoms with Crippen LogP contribution in [0.4, 0.5) is 0 Å². The minimum absolute atomic E-state index is 0.296. The first-order valence-electron chi connectivity index (χ1n) is 7.02. The van der Waals surface area contributed by atoms with Crippen molar-refractivity contribution in [2.24, 2.45) is 0 Å². The number of nitrogens with zero attached hydrogens (tertiary/aromatic N) is 1. The Bertz CT molecular complexity index is 495. The molecule has 0 radical (unpaired) electrons. The molecule has 2 fully saturated rings. The molecule has 2 heterocycles. The van der Waals surface area contributed by atoms with Crippen molar-refractivity contribution in [3.05, 3.63) is 35.4 Å². The lowest BCUT2D eigenvalue weighted by Crippen LogP contribution is -2.49. The predicted molar refractivity (Wildman–Crippen MR) is 74.3 cm³/mol. The highest BCUT2D eigenvalue weighted by molar-refractivity contribution is 5.89. The molecule has 2 saturated heterocycles. The van der Waals surface area contributed by atoms with E-state index in [-0.39, 0.29) is 5.41 Å². The second-order valence-electron chi connectivity index (χ2n) is 5.86. The summed E-state index contributed by atoms with van der Waals surface area (Å²) in [7, 11) is 0. The fraction of sp³-hybridized carbons (Fsp3) is 0.562. The maximum atomic E-state index is 12.3. The van der Waals surface area contributed by atoms with Crippen LogP contribution in [0, 0.1) is 6.92 Å². The summed E-state index contributed by atoms with van der Waals surface area (Å²) in [5.41, 5.74) is 2.13. The van der Waals surface area contributed by atoms with Crippen LogP contribution in [0.5, 0.6) is 0 Å². The van der Waals surface area contributed by atoms with Gasteiger partial charge in [-0.05, 0) is 37.9 Å². The fourth-order valence-corrected chi connectivity index (χ4v) is 3.39. The molecule has 1 unspecified atom stereocenters. The third-order valence-electron chi connectivity index (χ3n) is 4.77. The molecule has 0 N–H and O–H groups in total. The lowest BCUT2D eigenvalue weighted by molar-refractivity contribution is -0.122. The normalized spacial score (nSPS) is 28.3. The third kappa shape index (κ3) is 2.01. The van der Waals surface area contributed by atoms with Gasteiger partial charge in [-0.3, -0.25) is 9.69 Å². The average molecular weight is 259 g/mol. The van der Waals surface area contributed by atoms with Gasteiger partial charge in [0.2, 0.25) is 0 Å². The molecule has 0 aromatic heterocycles. The Labute approximate surface area is 114 Å². The SMILES string of the molecule is CC(=O)C1(c2ccccc2C)CCN(C2COC2)C1. The zero-order valence-electron chi connectivity index (χ0n) is 11.7. The van der Waals surface area contributed by atoms with Crippen molar-refractivity contribution in [1.82, 2.24) is 4.90 Å². The van der Waals surface area contributed by atoms with Gasteiger partial charge in [0.15, 0.2) is 0 Å². The van der Waals surface area contributed by atoms with E-state index < -0.39 is 0 Å². The Morgan fingerprint density at radius 3 is 2.68 bits per heavy atom. The monoisotopic (exact) mass is 259 g/mol. The van der Waals surface area contributed by atoms with Gasteiger partial charge in [-0.1, -0.05) is 24.3 Å². The molecule has 0 bridgehead atoms. The van der Waals surface area contributed by atoms with E-state index >= 15 is 0 Å². The van der Waals surface area contributed by atoms with Crippen molar-refractivity contribution in [2.75, 3.05) is 26.3 Å². The van der Waals surface area contributed by atoms with E-state index in [0.29, 0.717) is 11.8 Å². The first kappa shape index (κ1) is 12.8. The molecule has 2 aliphatic heterocycles. The molecule has 19 heavy (non-hydrogen) atoms. The number of ketones is 1. The first-order valence-corrected chi connectivity index (χ1v) is 7.02. The molecular weight excluding hydrogens is 238 g/mol.